The molecule has 32 heavy (non-hydrogen) atoms. The molecule has 1 saturated heterocycles. The number of rotatable bonds is 4. The van der Waals surface area contributed by atoms with E-state index in [1.807, 2.05) is 30.1 Å². The number of hydrogen-bond acceptors (Lipinski definition) is 5. The molecule has 0 N–H and O–H groups in total. The summed E-state index contributed by atoms with van der Waals surface area (Å²) in [6.07, 6.45) is 9.04. The molecule has 0 aliphatic carbocycles. The van der Waals surface area contributed by atoms with Gasteiger partial charge in [0.2, 0.25) is 0 Å². The van der Waals surface area contributed by atoms with E-state index in [2.05, 4.69) is 63.6 Å². The molecule has 2 aromatic carbocycles. The number of ether oxygens (including phenoxy) is 1. The van der Waals surface area contributed by atoms with Crippen molar-refractivity contribution in [2.75, 3.05) is 20.2 Å². The molecule has 1 unspecified atom stereocenters. The van der Waals surface area contributed by atoms with E-state index < -0.39 is 0 Å². The Morgan fingerprint density at radius 1 is 1.12 bits per heavy atom. The number of aromatic nitrogens is 2. The lowest BCUT2D eigenvalue weighted by Gasteiger charge is -2.29. The highest BCUT2D eigenvalue weighted by molar-refractivity contribution is 6.02. The molecule has 3 heterocycles. The Morgan fingerprint density at radius 3 is 2.78 bits per heavy atom. The maximum Gasteiger partial charge on any atom is 0.171 e. The number of piperidine rings is 1. The number of fused-ring (bicyclic) bond motifs is 1. The van der Waals surface area contributed by atoms with E-state index in [4.69, 9.17) is 9.57 Å². The molecular formula is C26H28N4O2. The quantitative estimate of drug-likeness (QED) is 0.577. The first-order chi connectivity index (χ1) is 15.7. The highest BCUT2D eigenvalue weighted by Crippen LogP contribution is 2.31. The van der Waals surface area contributed by atoms with Crippen molar-refractivity contribution in [1.82, 2.24) is 14.5 Å². The number of oxime groups is 1. The normalized spacial score (nSPS) is 19.7. The van der Waals surface area contributed by atoms with Crippen LogP contribution in [0.25, 0.3) is 11.8 Å². The summed E-state index contributed by atoms with van der Waals surface area (Å²) < 4.78 is 7.67. The Labute approximate surface area is 188 Å². The molecule has 1 aromatic heterocycles. The second-order valence-electron chi connectivity index (χ2n) is 8.32. The predicted molar refractivity (Wildman–Crippen MR) is 126 cm³/mol. The molecule has 5 rings (SSSR count). The number of aryl methyl sites for hydroxylation is 1. The van der Waals surface area contributed by atoms with Crippen molar-refractivity contribution in [3.8, 4) is 11.4 Å². The largest absolute Gasteiger partial charge is 0.495 e. The zero-order chi connectivity index (χ0) is 21.9. The second kappa shape index (κ2) is 8.91. The Balaban J connectivity index is 1.43. The van der Waals surface area contributed by atoms with Gasteiger partial charge in [-0.3, -0.25) is 0 Å². The monoisotopic (exact) mass is 428 g/mol. The maximum atomic E-state index is 6.02. The van der Waals surface area contributed by atoms with E-state index in [1.165, 1.54) is 11.1 Å². The van der Waals surface area contributed by atoms with Crippen LogP contribution in [0.1, 0.15) is 42.2 Å². The lowest BCUT2D eigenvalue weighted by atomic mass is 9.99. The summed E-state index contributed by atoms with van der Waals surface area (Å²) >= 11 is 0. The van der Waals surface area contributed by atoms with E-state index in [1.54, 1.807) is 7.11 Å². The fourth-order valence-corrected chi connectivity index (χ4v) is 4.44. The molecule has 6 heteroatoms. The van der Waals surface area contributed by atoms with Crippen LogP contribution in [0.3, 0.4) is 0 Å². The summed E-state index contributed by atoms with van der Waals surface area (Å²) in [7, 11) is 1.70. The van der Waals surface area contributed by atoms with Crippen LogP contribution in [-0.2, 0) is 4.84 Å². The van der Waals surface area contributed by atoms with Gasteiger partial charge in [-0.05, 0) is 54.7 Å². The third-order valence-corrected chi connectivity index (χ3v) is 6.09. The smallest absolute Gasteiger partial charge is 0.171 e. The van der Waals surface area contributed by atoms with E-state index in [0.717, 1.165) is 60.9 Å². The Kier molecular flexibility index (Phi) is 5.67. The zero-order valence-electron chi connectivity index (χ0n) is 18.6. The third kappa shape index (κ3) is 4.13. The lowest BCUT2D eigenvalue weighted by Crippen LogP contribution is -2.37. The van der Waals surface area contributed by atoms with Crippen molar-refractivity contribution < 1.29 is 9.57 Å². The molecule has 2 aliphatic heterocycles. The van der Waals surface area contributed by atoms with Gasteiger partial charge in [-0.15, -0.1) is 0 Å². The second-order valence-corrected chi connectivity index (χ2v) is 8.32. The van der Waals surface area contributed by atoms with Crippen molar-refractivity contribution in [1.29, 1.82) is 0 Å². The van der Waals surface area contributed by atoms with Crippen LogP contribution in [0.5, 0.6) is 5.75 Å². The fourth-order valence-electron chi connectivity index (χ4n) is 4.44. The highest BCUT2D eigenvalue weighted by Gasteiger charge is 2.27. The minimum absolute atomic E-state index is 0.00596. The van der Waals surface area contributed by atoms with Crippen molar-refractivity contribution >= 4 is 11.9 Å². The molecular weight excluding hydrogens is 400 g/mol. The molecule has 0 radical (unpaired) electrons. The molecule has 164 valence electrons. The van der Waals surface area contributed by atoms with E-state index in [9.17, 15) is 0 Å². The average Bonchev–Trinajstić information content (AvgIpc) is 3.13. The molecule has 0 bridgehead atoms. The molecule has 2 aliphatic rings. The van der Waals surface area contributed by atoms with Crippen molar-refractivity contribution in [2.45, 2.75) is 32.3 Å². The summed E-state index contributed by atoms with van der Waals surface area (Å²) in [6, 6.07) is 16.6. The fraction of sp³-hybridized carbons (Fsp3) is 0.308. The van der Waals surface area contributed by atoms with Gasteiger partial charge in [-0.25, -0.2) is 4.98 Å². The number of methoxy groups -OCH3 is 1. The zero-order valence-corrected chi connectivity index (χ0v) is 18.6. The van der Waals surface area contributed by atoms with Crippen LogP contribution >= 0.6 is 0 Å². The number of benzene rings is 2. The Hall–Kier alpha value is -3.54. The molecule has 3 aromatic rings. The van der Waals surface area contributed by atoms with Crippen LogP contribution in [0.2, 0.25) is 0 Å². The molecule has 0 saturated carbocycles. The minimum atomic E-state index is -0.00596. The van der Waals surface area contributed by atoms with E-state index in [0.29, 0.717) is 0 Å². The molecule has 0 spiro atoms. The highest BCUT2D eigenvalue weighted by atomic mass is 16.6. The summed E-state index contributed by atoms with van der Waals surface area (Å²) in [5.74, 6) is 1.77. The Bertz CT molecular complexity index is 1150. The minimum Gasteiger partial charge on any atom is -0.495 e. The lowest BCUT2D eigenvalue weighted by molar-refractivity contribution is 0.0576. The average molecular weight is 429 g/mol. The van der Waals surface area contributed by atoms with E-state index >= 15 is 0 Å². The van der Waals surface area contributed by atoms with Gasteiger partial charge < -0.3 is 19.0 Å². The topological polar surface area (TPSA) is 51.9 Å². The summed E-state index contributed by atoms with van der Waals surface area (Å²) in [6.45, 7) is 3.94. The van der Waals surface area contributed by atoms with Crippen LogP contribution in [0.15, 0.2) is 71.8 Å². The van der Waals surface area contributed by atoms with Gasteiger partial charge in [0.15, 0.2) is 11.9 Å². The summed E-state index contributed by atoms with van der Waals surface area (Å²) in [4.78, 5) is 12.7. The SMILES string of the molecule is COc1cc(C=C2CCCN3CCC(c4ccccc4)ON=C23)ccc1-n1cnc(C)c1. The van der Waals surface area contributed by atoms with Gasteiger partial charge in [-0.2, -0.15) is 0 Å². The van der Waals surface area contributed by atoms with Gasteiger partial charge in [0.05, 0.1) is 24.8 Å². The summed E-state index contributed by atoms with van der Waals surface area (Å²) in [5.41, 5.74) is 5.42. The Morgan fingerprint density at radius 2 is 2.00 bits per heavy atom. The number of hydrogen-bond donors (Lipinski definition) is 0. The number of amidine groups is 1. The van der Waals surface area contributed by atoms with Crippen LogP contribution < -0.4 is 4.74 Å². The maximum absolute atomic E-state index is 6.02. The van der Waals surface area contributed by atoms with Crippen molar-refractivity contribution in [2.24, 2.45) is 5.16 Å². The first kappa shape index (κ1) is 20.4. The summed E-state index contributed by atoms with van der Waals surface area (Å²) in [5, 5.41) is 4.62. The molecule has 1 atom stereocenters. The number of nitrogens with zero attached hydrogens (tertiary/aromatic N) is 4. The molecule has 0 amide bonds. The first-order valence-electron chi connectivity index (χ1n) is 11.1. The van der Waals surface area contributed by atoms with Crippen molar-refractivity contribution in [3.05, 3.63) is 83.4 Å². The van der Waals surface area contributed by atoms with Gasteiger partial charge >= 0.3 is 0 Å². The van der Waals surface area contributed by atoms with Crippen LogP contribution in [0, 0.1) is 6.92 Å². The molecule has 6 nitrogen and oxygen atoms in total. The third-order valence-electron chi connectivity index (χ3n) is 6.09. The number of imidazole rings is 1. The van der Waals surface area contributed by atoms with Gasteiger partial charge in [0.1, 0.15) is 5.75 Å². The van der Waals surface area contributed by atoms with Crippen LogP contribution in [-0.4, -0.2) is 40.5 Å². The van der Waals surface area contributed by atoms with Gasteiger partial charge in [-0.1, -0.05) is 41.6 Å². The van der Waals surface area contributed by atoms with Crippen LogP contribution in [0.4, 0.5) is 0 Å². The predicted octanol–water partition coefficient (Wildman–Crippen LogP) is 5.14. The standard InChI is InChI=1S/C26H28N4O2/c1-19-17-30(18-27-19)23-11-10-20(16-25(23)31-2)15-22-9-6-13-29-14-12-24(32-28-26(22)29)21-7-4-3-5-8-21/h3-5,7-8,10-11,15-18,24H,6,9,12-14H2,1-2H3. The first-order valence-corrected chi connectivity index (χ1v) is 11.1. The van der Waals surface area contributed by atoms with Gasteiger partial charge in [0.25, 0.3) is 0 Å². The molecule has 1 fully saturated rings. The van der Waals surface area contributed by atoms with E-state index in [-0.39, 0.29) is 6.10 Å². The van der Waals surface area contributed by atoms with Crippen molar-refractivity contribution in [3.63, 3.8) is 0 Å². The van der Waals surface area contributed by atoms with Gasteiger partial charge in [0, 0.05) is 25.7 Å².